The van der Waals surface area contributed by atoms with Crippen molar-refractivity contribution in [1.82, 2.24) is 9.55 Å². The monoisotopic (exact) mass is 463 g/mol. The Hall–Kier alpha value is -2.90. The molecule has 0 aliphatic carbocycles. The summed E-state index contributed by atoms with van der Waals surface area (Å²) in [5, 5.41) is 2.40. The molecule has 2 aromatic carbocycles. The van der Waals surface area contributed by atoms with Gasteiger partial charge in [0.1, 0.15) is 4.70 Å². The molecule has 5 nitrogen and oxygen atoms in total. The summed E-state index contributed by atoms with van der Waals surface area (Å²) >= 11 is 2.69. The molecule has 32 heavy (non-hydrogen) atoms. The molecule has 0 spiro atoms. The van der Waals surface area contributed by atoms with Crippen molar-refractivity contribution >= 4 is 44.9 Å². The molecular weight excluding hydrogens is 438 g/mol. The maximum absolute atomic E-state index is 13.3. The summed E-state index contributed by atoms with van der Waals surface area (Å²) in [5.74, 6) is 0.170. The maximum atomic E-state index is 13.3. The first-order valence-electron chi connectivity index (χ1n) is 10.5. The topological polar surface area (TPSA) is 55.2 Å². The molecule has 0 radical (unpaired) electrons. The van der Waals surface area contributed by atoms with Crippen molar-refractivity contribution in [2.45, 2.75) is 32.9 Å². The zero-order valence-corrected chi connectivity index (χ0v) is 20.2. The van der Waals surface area contributed by atoms with E-state index in [9.17, 15) is 9.59 Å². The van der Waals surface area contributed by atoms with Crippen LogP contribution in [0.4, 0.5) is 5.69 Å². The molecule has 0 atom stereocenters. The van der Waals surface area contributed by atoms with Crippen LogP contribution < -0.4 is 10.5 Å². The number of hydrogen-bond acceptors (Lipinski definition) is 5. The minimum atomic E-state index is -0.103. The van der Waals surface area contributed by atoms with E-state index in [4.69, 9.17) is 4.98 Å². The van der Waals surface area contributed by atoms with Gasteiger partial charge < -0.3 is 4.90 Å². The second-order valence-corrected chi connectivity index (χ2v) is 9.56. The third-order valence-corrected chi connectivity index (χ3v) is 7.27. The summed E-state index contributed by atoms with van der Waals surface area (Å²) in [5.41, 5.74) is 5.58. The highest BCUT2D eigenvalue weighted by Crippen LogP contribution is 2.26. The lowest BCUT2D eigenvalue weighted by Crippen LogP contribution is -2.32. The number of aromatic nitrogens is 2. The van der Waals surface area contributed by atoms with Crippen LogP contribution in [0, 0.1) is 20.8 Å². The zero-order chi connectivity index (χ0) is 22.8. The summed E-state index contributed by atoms with van der Waals surface area (Å²) in [4.78, 5) is 32.9. The van der Waals surface area contributed by atoms with Gasteiger partial charge in [0.05, 0.1) is 17.0 Å². The number of rotatable bonds is 6. The molecule has 0 aliphatic heterocycles. The quantitative estimate of drug-likeness (QED) is 0.279. The second kappa shape index (κ2) is 9.30. The van der Waals surface area contributed by atoms with Gasteiger partial charge in [-0.05, 0) is 80.1 Å². The van der Waals surface area contributed by atoms with E-state index in [1.165, 1.54) is 23.1 Å². The molecule has 0 saturated carbocycles. The van der Waals surface area contributed by atoms with E-state index < -0.39 is 0 Å². The Kier molecular flexibility index (Phi) is 6.48. The van der Waals surface area contributed by atoms with Crippen molar-refractivity contribution in [3.05, 3.63) is 81.0 Å². The van der Waals surface area contributed by atoms with Crippen molar-refractivity contribution < 1.29 is 4.79 Å². The molecule has 0 aliphatic rings. The predicted octanol–water partition coefficient (Wildman–Crippen LogP) is 5.52. The molecular formula is C25H25N3O2S2. The highest BCUT2D eigenvalue weighted by atomic mass is 32.2. The number of carbonyl (C=O) groups is 1. The summed E-state index contributed by atoms with van der Waals surface area (Å²) in [6.07, 6.45) is 0. The Morgan fingerprint density at radius 3 is 2.62 bits per heavy atom. The molecule has 2 heterocycles. The summed E-state index contributed by atoms with van der Waals surface area (Å²) in [6.45, 7) is 8.62. The Labute approximate surface area is 195 Å². The summed E-state index contributed by atoms with van der Waals surface area (Å²) in [7, 11) is 0. The van der Waals surface area contributed by atoms with Crippen molar-refractivity contribution in [3.8, 4) is 5.69 Å². The van der Waals surface area contributed by atoms with Crippen LogP contribution in [0.25, 0.3) is 15.9 Å². The SMILES string of the molecule is CCN(C(=O)CSc1nc2ccsc2c(=O)n1-c1ccc(C)c(C)c1)c1cccc(C)c1. The fourth-order valence-electron chi connectivity index (χ4n) is 3.58. The van der Waals surface area contributed by atoms with Crippen molar-refractivity contribution in [1.29, 1.82) is 0 Å². The van der Waals surface area contributed by atoms with Gasteiger partial charge in [-0.3, -0.25) is 14.2 Å². The molecule has 4 aromatic rings. The van der Waals surface area contributed by atoms with E-state index in [0.717, 1.165) is 28.1 Å². The van der Waals surface area contributed by atoms with Gasteiger partial charge in [-0.2, -0.15) is 0 Å². The number of thiophene rings is 1. The van der Waals surface area contributed by atoms with E-state index in [1.54, 1.807) is 9.47 Å². The number of fused-ring (bicyclic) bond motifs is 1. The maximum Gasteiger partial charge on any atom is 0.276 e. The van der Waals surface area contributed by atoms with Crippen LogP contribution in [0.5, 0.6) is 0 Å². The second-order valence-electron chi connectivity index (χ2n) is 7.70. The van der Waals surface area contributed by atoms with Gasteiger partial charge >= 0.3 is 0 Å². The molecule has 0 saturated heterocycles. The molecule has 164 valence electrons. The van der Waals surface area contributed by atoms with Gasteiger partial charge in [-0.15, -0.1) is 11.3 Å². The van der Waals surface area contributed by atoms with Crippen LogP contribution in [0.15, 0.2) is 63.9 Å². The lowest BCUT2D eigenvalue weighted by atomic mass is 10.1. The Balaban J connectivity index is 1.70. The molecule has 4 rings (SSSR count). The largest absolute Gasteiger partial charge is 0.312 e. The first kappa shape index (κ1) is 22.3. The summed E-state index contributed by atoms with van der Waals surface area (Å²) in [6, 6.07) is 15.7. The highest BCUT2D eigenvalue weighted by Gasteiger charge is 2.19. The van der Waals surface area contributed by atoms with E-state index >= 15 is 0 Å². The molecule has 0 fully saturated rings. The third kappa shape index (κ3) is 4.36. The molecule has 0 bridgehead atoms. The fraction of sp³-hybridized carbons (Fsp3) is 0.240. The lowest BCUT2D eigenvalue weighted by molar-refractivity contribution is -0.116. The van der Waals surface area contributed by atoms with Crippen molar-refractivity contribution in [3.63, 3.8) is 0 Å². The molecule has 0 unspecified atom stereocenters. The number of nitrogens with zero attached hydrogens (tertiary/aromatic N) is 3. The first-order valence-corrected chi connectivity index (χ1v) is 12.3. The average molecular weight is 464 g/mol. The van der Waals surface area contributed by atoms with E-state index in [-0.39, 0.29) is 17.2 Å². The van der Waals surface area contributed by atoms with Gasteiger partial charge in [-0.25, -0.2) is 4.98 Å². The minimum Gasteiger partial charge on any atom is -0.312 e. The van der Waals surface area contributed by atoms with Crippen LogP contribution in [-0.2, 0) is 4.79 Å². The van der Waals surface area contributed by atoms with Gasteiger partial charge in [0, 0.05) is 12.2 Å². The minimum absolute atomic E-state index is 0.0191. The fourth-order valence-corrected chi connectivity index (χ4v) is 5.23. The van der Waals surface area contributed by atoms with E-state index in [1.807, 2.05) is 81.6 Å². The molecule has 2 aromatic heterocycles. The normalized spacial score (nSPS) is 11.1. The number of carbonyl (C=O) groups excluding carboxylic acids is 1. The first-order chi connectivity index (χ1) is 15.4. The summed E-state index contributed by atoms with van der Waals surface area (Å²) < 4.78 is 2.25. The standard InChI is InChI=1S/C25H25N3O2S2/c1-5-27(19-8-6-7-16(2)13-19)22(29)15-32-25-26-21-11-12-31-23(21)24(30)28(25)20-10-9-17(3)18(4)14-20/h6-14H,5,15H2,1-4H3. The third-order valence-electron chi connectivity index (χ3n) is 5.45. The van der Waals surface area contributed by atoms with E-state index in [2.05, 4.69) is 0 Å². The number of aryl methyl sites for hydroxylation is 3. The van der Waals surface area contributed by atoms with Gasteiger partial charge in [0.15, 0.2) is 5.16 Å². The number of amides is 1. The van der Waals surface area contributed by atoms with Crippen molar-refractivity contribution in [2.75, 3.05) is 17.2 Å². The number of benzene rings is 2. The lowest BCUT2D eigenvalue weighted by Gasteiger charge is -2.21. The van der Waals surface area contributed by atoms with Crippen LogP contribution in [-0.4, -0.2) is 27.8 Å². The van der Waals surface area contributed by atoms with Gasteiger partial charge in [-0.1, -0.05) is 30.0 Å². The molecule has 0 N–H and O–H groups in total. The van der Waals surface area contributed by atoms with Gasteiger partial charge in [0.2, 0.25) is 5.91 Å². The Bertz CT molecular complexity index is 1360. The zero-order valence-electron chi connectivity index (χ0n) is 18.6. The number of thioether (sulfide) groups is 1. The average Bonchev–Trinajstić information content (AvgIpc) is 3.24. The van der Waals surface area contributed by atoms with Crippen LogP contribution in [0.3, 0.4) is 0 Å². The predicted molar refractivity (Wildman–Crippen MR) is 135 cm³/mol. The Morgan fingerprint density at radius 2 is 1.91 bits per heavy atom. The van der Waals surface area contributed by atoms with Crippen molar-refractivity contribution in [2.24, 2.45) is 0 Å². The molecule has 1 amide bonds. The van der Waals surface area contributed by atoms with Crippen LogP contribution in [0.1, 0.15) is 23.6 Å². The Morgan fingerprint density at radius 1 is 1.09 bits per heavy atom. The molecule has 7 heteroatoms. The van der Waals surface area contributed by atoms with E-state index in [0.29, 0.717) is 21.9 Å². The number of anilines is 1. The van der Waals surface area contributed by atoms with Gasteiger partial charge in [0.25, 0.3) is 5.56 Å². The van der Waals surface area contributed by atoms with Crippen LogP contribution in [0.2, 0.25) is 0 Å². The highest BCUT2D eigenvalue weighted by molar-refractivity contribution is 7.99. The van der Waals surface area contributed by atoms with Crippen LogP contribution >= 0.6 is 23.1 Å². The number of hydrogen-bond donors (Lipinski definition) is 0. The smallest absolute Gasteiger partial charge is 0.276 e.